The molecule has 0 aliphatic rings. The molecule has 0 bridgehead atoms. The van der Waals surface area contributed by atoms with Gasteiger partial charge in [-0.1, -0.05) is 28.9 Å². The van der Waals surface area contributed by atoms with Crippen LogP contribution in [0.25, 0.3) is 0 Å². The van der Waals surface area contributed by atoms with Crippen LogP contribution < -0.4 is 15.2 Å². The lowest BCUT2D eigenvalue weighted by Crippen LogP contribution is -2.14. The number of oxime groups is 1. The van der Waals surface area contributed by atoms with Gasteiger partial charge in [0.2, 0.25) is 0 Å². The summed E-state index contributed by atoms with van der Waals surface area (Å²) < 4.78 is 11.3. The van der Waals surface area contributed by atoms with Crippen molar-refractivity contribution in [3.8, 4) is 17.2 Å². The van der Waals surface area contributed by atoms with Crippen LogP contribution in [-0.2, 0) is 0 Å². The van der Waals surface area contributed by atoms with Gasteiger partial charge in [-0.25, -0.2) is 0 Å². The van der Waals surface area contributed by atoms with Crippen molar-refractivity contribution >= 4 is 17.4 Å². The van der Waals surface area contributed by atoms with E-state index < -0.39 is 0 Å². The largest absolute Gasteiger partial charge is 0.490 e. The quantitative estimate of drug-likeness (QED) is 0.383. The summed E-state index contributed by atoms with van der Waals surface area (Å²) in [6.07, 6.45) is 0. The molecule has 110 valence electrons. The zero-order valence-electron chi connectivity index (χ0n) is 11.4. The first-order valence-corrected chi connectivity index (χ1v) is 6.70. The Bertz CT molecular complexity index is 659. The van der Waals surface area contributed by atoms with E-state index in [9.17, 15) is 0 Å². The van der Waals surface area contributed by atoms with E-state index in [-0.39, 0.29) is 5.84 Å². The Kier molecular flexibility index (Phi) is 4.90. The van der Waals surface area contributed by atoms with Gasteiger partial charge in [-0.3, -0.25) is 0 Å². The fourth-order valence-corrected chi connectivity index (χ4v) is 1.94. The summed E-state index contributed by atoms with van der Waals surface area (Å²) in [5.74, 6) is 1.44. The Morgan fingerprint density at radius 2 is 1.90 bits per heavy atom. The number of hydrogen-bond donors (Lipinski definition) is 2. The molecule has 2 aromatic carbocycles. The summed E-state index contributed by atoms with van der Waals surface area (Å²) in [4.78, 5) is 0. The van der Waals surface area contributed by atoms with Gasteiger partial charge in [0.15, 0.2) is 17.3 Å². The number of para-hydroxylation sites is 2. The topological polar surface area (TPSA) is 77.1 Å². The Labute approximate surface area is 127 Å². The van der Waals surface area contributed by atoms with Crippen LogP contribution in [0, 0.1) is 0 Å². The highest BCUT2D eigenvalue weighted by molar-refractivity contribution is 6.30. The number of amidine groups is 1. The molecule has 0 saturated heterocycles. The molecule has 0 spiro atoms. The van der Waals surface area contributed by atoms with Crippen molar-refractivity contribution in [3.63, 3.8) is 0 Å². The van der Waals surface area contributed by atoms with E-state index in [1.54, 1.807) is 30.3 Å². The molecule has 0 atom stereocenters. The Morgan fingerprint density at radius 3 is 2.57 bits per heavy atom. The number of nitrogens with zero attached hydrogens (tertiary/aromatic N) is 1. The lowest BCUT2D eigenvalue weighted by Gasteiger charge is -2.14. The second-order valence-corrected chi connectivity index (χ2v) is 4.54. The number of rotatable bonds is 5. The predicted octanol–water partition coefficient (Wildman–Crippen LogP) is 3.63. The van der Waals surface area contributed by atoms with Crippen LogP contribution in [0.15, 0.2) is 47.6 Å². The molecular weight excluding hydrogens is 292 g/mol. The minimum atomic E-state index is -0.0597. The third-order valence-corrected chi connectivity index (χ3v) is 2.93. The van der Waals surface area contributed by atoms with E-state index in [0.717, 1.165) is 0 Å². The average Bonchev–Trinajstić information content (AvgIpc) is 2.49. The molecule has 2 aromatic rings. The van der Waals surface area contributed by atoms with Crippen molar-refractivity contribution in [1.29, 1.82) is 0 Å². The normalized spacial score (nSPS) is 11.2. The summed E-state index contributed by atoms with van der Waals surface area (Å²) in [5, 5.41) is 12.3. The SMILES string of the molecule is CCOc1ccccc1Oc1cc(Cl)ccc1C(N)=NO. The van der Waals surface area contributed by atoms with Gasteiger partial charge in [-0.05, 0) is 31.2 Å². The van der Waals surface area contributed by atoms with Crippen molar-refractivity contribution in [3.05, 3.63) is 53.1 Å². The van der Waals surface area contributed by atoms with E-state index in [2.05, 4.69) is 5.16 Å². The van der Waals surface area contributed by atoms with Crippen molar-refractivity contribution in [2.75, 3.05) is 6.61 Å². The molecule has 0 aliphatic heterocycles. The zero-order chi connectivity index (χ0) is 15.2. The molecule has 0 heterocycles. The average molecular weight is 307 g/mol. The van der Waals surface area contributed by atoms with Gasteiger partial charge in [-0.2, -0.15) is 0 Å². The number of hydrogen-bond acceptors (Lipinski definition) is 4. The third kappa shape index (κ3) is 3.58. The monoisotopic (exact) mass is 306 g/mol. The fraction of sp³-hybridized carbons (Fsp3) is 0.133. The van der Waals surface area contributed by atoms with Crippen LogP contribution in [-0.4, -0.2) is 17.6 Å². The molecule has 2 rings (SSSR count). The highest BCUT2D eigenvalue weighted by Crippen LogP contribution is 2.34. The van der Waals surface area contributed by atoms with Gasteiger partial charge in [-0.15, -0.1) is 0 Å². The van der Waals surface area contributed by atoms with Gasteiger partial charge in [0.05, 0.1) is 12.2 Å². The number of nitrogens with two attached hydrogens (primary N) is 1. The van der Waals surface area contributed by atoms with Crippen LogP contribution in [0.4, 0.5) is 0 Å². The minimum absolute atomic E-state index is 0.0597. The van der Waals surface area contributed by atoms with Gasteiger partial charge >= 0.3 is 0 Å². The second-order valence-electron chi connectivity index (χ2n) is 4.11. The van der Waals surface area contributed by atoms with Crippen LogP contribution in [0.2, 0.25) is 5.02 Å². The predicted molar refractivity (Wildman–Crippen MR) is 81.6 cm³/mol. The fourth-order valence-electron chi connectivity index (χ4n) is 1.77. The van der Waals surface area contributed by atoms with E-state index in [0.29, 0.717) is 34.4 Å². The third-order valence-electron chi connectivity index (χ3n) is 2.70. The van der Waals surface area contributed by atoms with E-state index in [4.69, 9.17) is 32.0 Å². The molecule has 21 heavy (non-hydrogen) atoms. The lowest BCUT2D eigenvalue weighted by molar-refractivity contribution is 0.317. The summed E-state index contributed by atoms with van der Waals surface area (Å²) in [7, 11) is 0. The van der Waals surface area contributed by atoms with Crippen LogP contribution in [0.3, 0.4) is 0 Å². The molecule has 6 heteroatoms. The smallest absolute Gasteiger partial charge is 0.173 e. The van der Waals surface area contributed by atoms with E-state index in [1.807, 2.05) is 19.1 Å². The molecule has 3 N–H and O–H groups in total. The highest BCUT2D eigenvalue weighted by Gasteiger charge is 2.12. The summed E-state index contributed by atoms with van der Waals surface area (Å²) in [6, 6.07) is 12.1. The summed E-state index contributed by atoms with van der Waals surface area (Å²) in [5.41, 5.74) is 6.08. The highest BCUT2D eigenvalue weighted by atomic mass is 35.5. The molecular formula is C15H15ClN2O3. The molecule has 0 fully saturated rings. The molecule has 0 aliphatic carbocycles. The maximum Gasteiger partial charge on any atom is 0.173 e. The summed E-state index contributed by atoms with van der Waals surface area (Å²) in [6.45, 7) is 2.40. The van der Waals surface area contributed by atoms with Crippen molar-refractivity contribution in [2.24, 2.45) is 10.9 Å². The molecule has 0 saturated carbocycles. The maximum absolute atomic E-state index is 8.84. The van der Waals surface area contributed by atoms with Crippen molar-refractivity contribution < 1.29 is 14.7 Å². The van der Waals surface area contributed by atoms with Gasteiger partial charge in [0.25, 0.3) is 0 Å². The van der Waals surface area contributed by atoms with Gasteiger partial charge < -0.3 is 20.4 Å². The lowest BCUT2D eigenvalue weighted by atomic mass is 10.2. The van der Waals surface area contributed by atoms with Crippen LogP contribution >= 0.6 is 11.6 Å². The van der Waals surface area contributed by atoms with Gasteiger partial charge in [0.1, 0.15) is 5.75 Å². The molecule has 0 amide bonds. The molecule has 0 radical (unpaired) electrons. The van der Waals surface area contributed by atoms with Crippen LogP contribution in [0.1, 0.15) is 12.5 Å². The first-order chi connectivity index (χ1) is 10.2. The molecule has 5 nitrogen and oxygen atoms in total. The zero-order valence-corrected chi connectivity index (χ0v) is 12.2. The van der Waals surface area contributed by atoms with Gasteiger partial charge in [0, 0.05) is 11.1 Å². The maximum atomic E-state index is 8.84. The second kappa shape index (κ2) is 6.85. The number of ether oxygens (including phenoxy) is 2. The minimum Gasteiger partial charge on any atom is -0.490 e. The van der Waals surface area contributed by atoms with E-state index in [1.165, 1.54) is 0 Å². The number of halogens is 1. The first-order valence-electron chi connectivity index (χ1n) is 6.32. The molecule has 0 unspecified atom stereocenters. The Hall–Kier alpha value is -2.40. The Morgan fingerprint density at radius 1 is 1.19 bits per heavy atom. The van der Waals surface area contributed by atoms with E-state index >= 15 is 0 Å². The number of benzene rings is 2. The Balaban J connectivity index is 2.42. The van der Waals surface area contributed by atoms with Crippen molar-refractivity contribution in [1.82, 2.24) is 0 Å². The summed E-state index contributed by atoms with van der Waals surface area (Å²) >= 11 is 5.98. The standard InChI is InChI=1S/C15H15ClN2O3/c1-2-20-12-5-3-4-6-13(12)21-14-9-10(16)7-8-11(14)15(17)18-19/h3-9,19H,2H2,1H3,(H2,17,18). The van der Waals surface area contributed by atoms with Crippen LogP contribution in [0.5, 0.6) is 17.2 Å². The molecule has 0 aromatic heterocycles. The first kappa shape index (κ1) is 15.0. The van der Waals surface area contributed by atoms with Crippen molar-refractivity contribution in [2.45, 2.75) is 6.92 Å².